The molecule has 0 aliphatic carbocycles. The molecular formula is C13H14INS. The first kappa shape index (κ1) is 12.1. The third-order valence-electron chi connectivity index (χ3n) is 2.46. The fourth-order valence-corrected chi connectivity index (χ4v) is 2.83. The van der Waals surface area contributed by atoms with Crippen LogP contribution >= 0.6 is 33.9 Å². The molecule has 0 saturated carbocycles. The summed E-state index contributed by atoms with van der Waals surface area (Å²) in [6, 6.07) is 8.70. The minimum atomic E-state index is 0.960. The van der Waals surface area contributed by atoms with Crippen molar-refractivity contribution in [1.29, 1.82) is 0 Å². The Morgan fingerprint density at radius 1 is 1.19 bits per heavy atom. The van der Waals surface area contributed by atoms with Crippen LogP contribution in [0.3, 0.4) is 0 Å². The van der Waals surface area contributed by atoms with Crippen LogP contribution in [0.25, 0.3) is 11.1 Å². The Labute approximate surface area is 114 Å². The van der Waals surface area contributed by atoms with Gasteiger partial charge in [0.25, 0.3) is 0 Å². The maximum absolute atomic E-state index is 3.38. The zero-order valence-corrected chi connectivity index (χ0v) is 12.1. The number of hydrogen-bond donors (Lipinski definition) is 1. The third-order valence-corrected chi connectivity index (χ3v) is 3.97. The number of benzene rings is 1. The zero-order valence-electron chi connectivity index (χ0n) is 9.16. The predicted octanol–water partition coefficient (Wildman–Crippen LogP) is 4.13. The number of thiophene rings is 1. The average molecular weight is 343 g/mol. The van der Waals surface area contributed by atoms with Gasteiger partial charge < -0.3 is 5.32 Å². The minimum Gasteiger partial charge on any atom is -0.313 e. The molecule has 0 radical (unpaired) electrons. The van der Waals surface area contributed by atoms with Crippen LogP contribution in [0.15, 0.2) is 35.0 Å². The van der Waals surface area contributed by atoms with Gasteiger partial charge in [-0.2, -0.15) is 11.3 Å². The number of halogens is 1. The molecular weight excluding hydrogens is 329 g/mol. The van der Waals surface area contributed by atoms with Crippen molar-refractivity contribution >= 4 is 33.9 Å². The summed E-state index contributed by atoms with van der Waals surface area (Å²) in [5.41, 5.74) is 4.07. The molecule has 1 N–H and O–H groups in total. The highest BCUT2D eigenvalue weighted by atomic mass is 127. The minimum absolute atomic E-state index is 0.960. The summed E-state index contributed by atoms with van der Waals surface area (Å²) >= 11 is 4.11. The Bertz CT molecular complexity index is 447. The second-order valence-corrected chi connectivity index (χ2v) is 5.59. The van der Waals surface area contributed by atoms with Crippen molar-refractivity contribution in [3.05, 3.63) is 44.2 Å². The van der Waals surface area contributed by atoms with Crippen molar-refractivity contribution in [3.8, 4) is 11.1 Å². The first-order chi connectivity index (χ1) is 7.81. The van der Waals surface area contributed by atoms with Crippen LogP contribution in [0.4, 0.5) is 0 Å². The van der Waals surface area contributed by atoms with E-state index in [4.69, 9.17) is 0 Å². The fourth-order valence-electron chi connectivity index (χ4n) is 1.60. The lowest BCUT2D eigenvalue weighted by Gasteiger charge is -2.05. The van der Waals surface area contributed by atoms with Crippen molar-refractivity contribution in [3.63, 3.8) is 0 Å². The standard InChI is InChI=1S/C13H14INS/c1-2-15-7-11-8-16-9-13(11)10-3-5-12(14)6-4-10/h3-6,8-9,15H,2,7H2,1H3. The van der Waals surface area contributed by atoms with E-state index >= 15 is 0 Å². The van der Waals surface area contributed by atoms with Gasteiger partial charge in [0, 0.05) is 10.1 Å². The highest BCUT2D eigenvalue weighted by molar-refractivity contribution is 14.1. The smallest absolute Gasteiger partial charge is 0.0219 e. The Kier molecular flexibility index (Phi) is 4.37. The van der Waals surface area contributed by atoms with Gasteiger partial charge in [0.2, 0.25) is 0 Å². The summed E-state index contributed by atoms with van der Waals surface area (Å²) in [6.07, 6.45) is 0. The molecule has 0 aliphatic heterocycles. The van der Waals surface area contributed by atoms with Crippen LogP contribution in [-0.4, -0.2) is 6.54 Å². The average Bonchev–Trinajstić information content (AvgIpc) is 2.75. The van der Waals surface area contributed by atoms with Crippen molar-refractivity contribution in [2.24, 2.45) is 0 Å². The Morgan fingerprint density at radius 3 is 2.62 bits per heavy atom. The summed E-state index contributed by atoms with van der Waals surface area (Å²) in [7, 11) is 0. The van der Waals surface area contributed by atoms with E-state index in [0.29, 0.717) is 0 Å². The Balaban J connectivity index is 2.26. The van der Waals surface area contributed by atoms with Gasteiger partial charge in [-0.05, 0) is 68.7 Å². The van der Waals surface area contributed by atoms with Gasteiger partial charge in [0.15, 0.2) is 0 Å². The maximum atomic E-state index is 3.38. The maximum Gasteiger partial charge on any atom is 0.0219 e. The second kappa shape index (κ2) is 5.80. The predicted molar refractivity (Wildman–Crippen MR) is 79.9 cm³/mol. The molecule has 3 heteroatoms. The summed E-state index contributed by atoms with van der Waals surface area (Å²) < 4.78 is 1.28. The quantitative estimate of drug-likeness (QED) is 0.823. The first-order valence-corrected chi connectivity index (χ1v) is 7.35. The molecule has 1 aromatic carbocycles. The number of nitrogens with one attached hydrogen (secondary N) is 1. The molecule has 2 aromatic rings. The van der Waals surface area contributed by atoms with Crippen LogP contribution in [0.2, 0.25) is 0 Å². The molecule has 1 nitrogen and oxygen atoms in total. The van der Waals surface area contributed by atoms with Crippen LogP contribution in [0.1, 0.15) is 12.5 Å². The molecule has 0 unspecified atom stereocenters. The van der Waals surface area contributed by atoms with E-state index in [1.807, 2.05) is 0 Å². The lowest BCUT2D eigenvalue weighted by atomic mass is 10.1. The van der Waals surface area contributed by atoms with Gasteiger partial charge in [-0.1, -0.05) is 19.1 Å². The molecule has 84 valence electrons. The lowest BCUT2D eigenvalue weighted by Crippen LogP contribution is -2.11. The topological polar surface area (TPSA) is 12.0 Å². The number of rotatable bonds is 4. The zero-order chi connectivity index (χ0) is 11.4. The van der Waals surface area contributed by atoms with E-state index < -0.39 is 0 Å². The van der Waals surface area contributed by atoms with E-state index in [9.17, 15) is 0 Å². The fraction of sp³-hybridized carbons (Fsp3) is 0.231. The molecule has 1 heterocycles. The van der Waals surface area contributed by atoms with Gasteiger partial charge in [-0.25, -0.2) is 0 Å². The highest BCUT2D eigenvalue weighted by Gasteiger charge is 2.05. The molecule has 2 rings (SSSR count). The van der Waals surface area contributed by atoms with E-state index in [2.05, 4.69) is 69.9 Å². The van der Waals surface area contributed by atoms with Gasteiger partial charge in [-0.15, -0.1) is 0 Å². The lowest BCUT2D eigenvalue weighted by molar-refractivity contribution is 0.729. The van der Waals surface area contributed by atoms with E-state index in [1.165, 1.54) is 20.3 Å². The second-order valence-electron chi connectivity index (χ2n) is 3.60. The first-order valence-electron chi connectivity index (χ1n) is 5.33. The molecule has 0 amide bonds. The summed E-state index contributed by atoms with van der Waals surface area (Å²) in [5.74, 6) is 0. The molecule has 0 aliphatic rings. The summed E-state index contributed by atoms with van der Waals surface area (Å²) in [5, 5.41) is 7.84. The Hall–Kier alpha value is -0.390. The van der Waals surface area contributed by atoms with Crippen LogP contribution in [0.5, 0.6) is 0 Å². The molecule has 0 spiro atoms. The number of hydrogen-bond acceptors (Lipinski definition) is 2. The normalized spacial score (nSPS) is 10.6. The van der Waals surface area contributed by atoms with Gasteiger partial charge in [0.1, 0.15) is 0 Å². The molecule has 0 saturated heterocycles. The summed E-state index contributed by atoms with van der Waals surface area (Å²) in [6.45, 7) is 4.11. The van der Waals surface area contributed by atoms with Crippen molar-refractivity contribution < 1.29 is 0 Å². The van der Waals surface area contributed by atoms with Crippen LogP contribution in [0, 0.1) is 3.57 Å². The van der Waals surface area contributed by atoms with Crippen molar-refractivity contribution in [2.45, 2.75) is 13.5 Å². The van der Waals surface area contributed by atoms with Crippen molar-refractivity contribution in [1.82, 2.24) is 5.32 Å². The van der Waals surface area contributed by atoms with Crippen molar-refractivity contribution in [2.75, 3.05) is 6.54 Å². The molecule has 1 aromatic heterocycles. The van der Waals surface area contributed by atoms with E-state index in [0.717, 1.165) is 13.1 Å². The van der Waals surface area contributed by atoms with Gasteiger partial charge in [-0.3, -0.25) is 0 Å². The van der Waals surface area contributed by atoms with E-state index in [1.54, 1.807) is 11.3 Å². The molecule has 16 heavy (non-hydrogen) atoms. The van der Waals surface area contributed by atoms with Crippen LogP contribution in [-0.2, 0) is 6.54 Å². The largest absolute Gasteiger partial charge is 0.313 e. The Morgan fingerprint density at radius 2 is 1.94 bits per heavy atom. The van der Waals surface area contributed by atoms with Crippen LogP contribution < -0.4 is 5.32 Å². The molecule has 0 bridgehead atoms. The van der Waals surface area contributed by atoms with Gasteiger partial charge >= 0.3 is 0 Å². The molecule has 0 fully saturated rings. The third kappa shape index (κ3) is 2.84. The SMILES string of the molecule is CCNCc1cscc1-c1ccc(I)cc1. The molecule has 0 atom stereocenters. The highest BCUT2D eigenvalue weighted by Crippen LogP contribution is 2.27. The summed E-state index contributed by atoms with van der Waals surface area (Å²) in [4.78, 5) is 0. The van der Waals surface area contributed by atoms with E-state index in [-0.39, 0.29) is 0 Å². The van der Waals surface area contributed by atoms with Gasteiger partial charge in [0.05, 0.1) is 0 Å². The monoisotopic (exact) mass is 343 g/mol.